The van der Waals surface area contributed by atoms with Gasteiger partial charge in [0, 0.05) is 22.7 Å². The summed E-state index contributed by atoms with van der Waals surface area (Å²) in [6.45, 7) is 4.51. The number of pyridine rings is 1. The lowest BCUT2D eigenvalue weighted by Gasteiger charge is -2.37. The summed E-state index contributed by atoms with van der Waals surface area (Å²) < 4.78 is 13.2. The molecule has 0 unspecified atom stereocenters. The summed E-state index contributed by atoms with van der Waals surface area (Å²) in [6, 6.07) is 33.2. The third-order valence-corrected chi connectivity index (χ3v) is 8.16. The molecule has 5 heteroatoms. The largest absolute Gasteiger partial charge is 0.455 e. The van der Waals surface area contributed by atoms with Gasteiger partial charge < -0.3 is 14.4 Å². The minimum atomic E-state index is -0.220. The number of benzene rings is 4. The molecule has 4 nitrogen and oxygen atoms in total. The standard InChI is InChI=1S/C32H24N2O2S/c1-32(2)22-11-3-4-15-26(22)35-30-23(32)12-7-13-24(30)34(21-10-9-19-33-20-21)25-14-8-18-29-31(25)36-27-16-5-6-17-28(27)37-29/h3-20H,1-2H3. The maximum atomic E-state index is 6.66. The Labute approximate surface area is 220 Å². The van der Waals surface area contributed by atoms with E-state index in [1.165, 1.54) is 5.56 Å². The lowest BCUT2D eigenvalue weighted by atomic mass is 9.75. The Bertz CT molecular complexity index is 1650. The summed E-state index contributed by atoms with van der Waals surface area (Å²) in [5, 5.41) is 0. The summed E-state index contributed by atoms with van der Waals surface area (Å²) in [4.78, 5) is 8.83. The Morgan fingerprint density at radius 2 is 1.32 bits per heavy atom. The zero-order chi connectivity index (χ0) is 25.0. The number of hydrogen-bond acceptors (Lipinski definition) is 5. The second-order valence-corrected chi connectivity index (χ2v) is 10.8. The number of aromatic nitrogens is 1. The molecule has 0 saturated heterocycles. The van der Waals surface area contributed by atoms with Crippen molar-refractivity contribution in [3.63, 3.8) is 0 Å². The van der Waals surface area contributed by atoms with E-state index >= 15 is 0 Å². The summed E-state index contributed by atoms with van der Waals surface area (Å²) in [5.74, 6) is 3.41. The Morgan fingerprint density at radius 3 is 2.16 bits per heavy atom. The molecule has 0 radical (unpaired) electrons. The van der Waals surface area contributed by atoms with E-state index in [-0.39, 0.29) is 5.41 Å². The molecule has 0 atom stereocenters. The molecule has 7 rings (SSSR count). The van der Waals surface area contributed by atoms with Gasteiger partial charge in [-0.15, -0.1) is 0 Å². The van der Waals surface area contributed by atoms with E-state index in [9.17, 15) is 0 Å². The quantitative estimate of drug-likeness (QED) is 0.242. The maximum absolute atomic E-state index is 6.66. The molecule has 37 heavy (non-hydrogen) atoms. The van der Waals surface area contributed by atoms with Crippen molar-refractivity contribution in [2.24, 2.45) is 0 Å². The van der Waals surface area contributed by atoms with E-state index in [0.29, 0.717) is 0 Å². The van der Waals surface area contributed by atoms with Crippen LogP contribution in [-0.4, -0.2) is 4.98 Å². The van der Waals surface area contributed by atoms with Crippen LogP contribution in [0.3, 0.4) is 0 Å². The third kappa shape index (κ3) is 3.50. The summed E-state index contributed by atoms with van der Waals surface area (Å²) in [6.07, 6.45) is 3.67. The molecule has 5 aromatic rings. The van der Waals surface area contributed by atoms with Crippen molar-refractivity contribution >= 4 is 28.8 Å². The van der Waals surface area contributed by atoms with Crippen molar-refractivity contribution in [3.8, 4) is 23.0 Å². The first-order valence-electron chi connectivity index (χ1n) is 12.3. The van der Waals surface area contributed by atoms with Crippen LogP contribution in [0, 0.1) is 0 Å². The molecule has 2 aliphatic heterocycles. The Hall–Kier alpha value is -4.22. The fourth-order valence-electron chi connectivity index (χ4n) is 5.23. The molecule has 180 valence electrons. The molecule has 0 fully saturated rings. The lowest BCUT2D eigenvalue weighted by molar-refractivity contribution is 0.419. The Morgan fingerprint density at radius 1 is 0.649 bits per heavy atom. The van der Waals surface area contributed by atoms with Crippen LogP contribution < -0.4 is 14.4 Å². The minimum absolute atomic E-state index is 0.220. The average Bonchev–Trinajstić information content (AvgIpc) is 2.93. The first-order chi connectivity index (χ1) is 18.1. The van der Waals surface area contributed by atoms with Gasteiger partial charge in [0.05, 0.1) is 33.0 Å². The fourth-order valence-corrected chi connectivity index (χ4v) is 6.21. The zero-order valence-electron chi connectivity index (χ0n) is 20.5. The van der Waals surface area contributed by atoms with Gasteiger partial charge >= 0.3 is 0 Å². The average molecular weight is 501 g/mol. The fraction of sp³-hybridized carbons (Fsp3) is 0.0938. The van der Waals surface area contributed by atoms with Crippen molar-refractivity contribution in [2.45, 2.75) is 29.1 Å². The number of ether oxygens (including phenoxy) is 2. The van der Waals surface area contributed by atoms with Crippen molar-refractivity contribution in [2.75, 3.05) is 4.90 Å². The molecule has 0 N–H and O–H groups in total. The van der Waals surface area contributed by atoms with Crippen molar-refractivity contribution in [3.05, 3.63) is 121 Å². The van der Waals surface area contributed by atoms with Crippen LogP contribution in [0.5, 0.6) is 23.0 Å². The van der Waals surface area contributed by atoms with E-state index in [1.807, 2.05) is 42.6 Å². The van der Waals surface area contributed by atoms with Crippen LogP contribution in [0.2, 0.25) is 0 Å². The van der Waals surface area contributed by atoms with Crippen molar-refractivity contribution in [1.82, 2.24) is 4.98 Å². The Balaban J connectivity index is 1.45. The number of anilines is 3. The molecule has 3 heterocycles. The van der Waals surface area contributed by atoms with Gasteiger partial charge in [0.2, 0.25) is 0 Å². The first kappa shape index (κ1) is 22.0. The predicted octanol–water partition coefficient (Wildman–Crippen LogP) is 9.24. The SMILES string of the molecule is CC1(C)c2ccccc2Oc2c(N(c3cccnc3)c3cccc4c3Oc3ccccc3S4)cccc21. The molecule has 0 aliphatic carbocycles. The molecule has 0 spiro atoms. The van der Waals surface area contributed by atoms with Crippen LogP contribution in [0.25, 0.3) is 0 Å². The highest BCUT2D eigenvalue weighted by molar-refractivity contribution is 7.99. The van der Waals surface area contributed by atoms with Gasteiger partial charge in [-0.3, -0.25) is 4.98 Å². The van der Waals surface area contributed by atoms with Crippen LogP contribution >= 0.6 is 11.8 Å². The number of para-hydroxylation sites is 4. The van der Waals surface area contributed by atoms with Gasteiger partial charge in [-0.1, -0.05) is 74.1 Å². The molecule has 0 amide bonds. The maximum Gasteiger partial charge on any atom is 0.165 e. The number of rotatable bonds is 3. The molecule has 0 saturated carbocycles. The van der Waals surface area contributed by atoms with Crippen LogP contribution in [0.1, 0.15) is 25.0 Å². The molecule has 1 aromatic heterocycles. The number of nitrogens with zero attached hydrogens (tertiary/aromatic N) is 2. The van der Waals surface area contributed by atoms with E-state index in [0.717, 1.165) is 55.4 Å². The van der Waals surface area contributed by atoms with E-state index < -0.39 is 0 Å². The summed E-state index contributed by atoms with van der Waals surface area (Å²) >= 11 is 1.73. The highest BCUT2D eigenvalue weighted by Gasteiger charge is 2.37. The van der Waals surface area contributed by atoms with Gasteiger partial charge in [-0.2, -0.15) is 0 Å². The normalized spacial score (nSPS) is 14.2. The second kappa shape index (κ2) is 8.43. The zero-order valence-corrected chi connectivity index (χ0v) is 21.3. The van der Waals surface area contributed by atoms with Gasteiger partial charge in [-0.05, 0) is 48.5 Å². The topological polar surface area (TPSA) is 34.6 Å². The highest BCUT2D eigenvalue weighted by Crippen LogP contribution is 2.56. The second-order valence-electron chi connectivity index (χ2n) is 9.68. The molecular formula is C32H24N2O2S. The summed E-state index contributed by atoms with van der Waals surface area (Å²) in [7, 11) is 0. The smallest absolute Gasteiger partial charge is 0.165 e. The highest BCUT2D eigenvalue weighted by atomic mass is 32.2. The third-order valence-electron chi connectivity index (χ3n) is 7.07. The van der Waals surface area contributed by atoms with Crippen LogP contribution in [0.15, 0.2) is 119 Å². The van der Waals surface area contributed by atoms with E-state index in [1.54, 1.807) is 18.0 Å². The predicted molar refractivity (Wildman–Crippen MR) is 148 cm³/mol. The van der Waals surface area contributed by atoms with Gasteiger partial charge in [0.1, 0.15) is 11.5 Å². The van der Waals surface area contributed by atoms with Crippen LogP contribution in [0.4, 0.5) is 17.1 Å². The van der Waals surface area contributed by atoms with Gasteiger partial charge in [-0.25, -0.2) is 0 Å². The van der Waals surface area contributed by atoms with E-state index in [4.69, 9.17) is 9.47 Å². The molecule has 0 bridgehead atoms. The van der Waals surface area contributed by atoms with Gasteiger partial charge in [0.25, 0.3) is 0 Å². The van der Waals surface area contributed by atoms with E-state index in [2.05, 4.69) is 84.4 Å². The van der Waals surface area contributed by atoms with Crippen molar-refractivity contribution < 1.29 is 9.47 Å². The van der Waals surface area contributed by atoms with Crippen LogP contribution in [-0.2, 0) is 5.41 Å². The monoisotopic (exact) mass is 500 g/mol. The minimum Gasteiger partial charge on any atom is -0.455 e. The lowest BCUT2D eigenvalue weighted by Crippen LogP contribution is -2.25. The molecule has 4 aromatic carbocycles. The summed E-state index contributed by atoms with van der Waals surface area (Å²) in [5.41, 5.74) is 4.90. The Kier molecular flexibility index (Phi) is 5.01. The number of fused-ring (bicyclic) bond motifs is 4. The van der Waals surface area contributed by atoms with Crippen molar-refractivity contribution in [1.29, 1.82) is 0 Å². The number of hydrogen-bond donors (Lipinski definition) is 0. The molecular weight excluding hydrogens is 476 g/mol. The first-order valence-corrected chi connectivity index (χ1v) is 13.1. The molecule has 2 aliphatic rings. The van der Waals surface area contributed by atoms with Gasteiger partial charge in [0.15, 0.2) is 11.5 Å².